The van der Waals surface area contributed by atoms with Crippen molar-refractivity contribution in [1.82, 2.24) is 4.98 Å². The van der Waals surface area contributed by atoms with Crippen molar-refractivity contribution in [2.45, 2.75) is 0 Å². The van der Waals surface area contributed by atoms with Crippen LogP contribution in [0.2, 0.25) is 5.15 Å². The smallest absolute Gasteiger partial charge is 0.411 e. The third-order valence-electron chi connectivity index (χ3n) is 2.54. The third kappa shape index (κ3) is 4.19. The maximum Gasteiger partial charge on any atom is 0.411 e. The van der Waals surface area contributed by atoms with Gasteiger partial charge in [-0.25, -0.2) is 9.78 Å². The first-order valence-corrected chi connectivity index (χ1v) is 6.34. The minimum atomic E-state index is -0.583. The highest BCUT2D eigenvalue weighted by molar-refractivity contribution is 6.29. The number of hydrogen-bond donors (Lipinski definition) is 2. The van der Waals surface area contributed by atoms with E-state index in [1.807, 2.05) is 0 Å². The molecule has 21 heavy (non-hydrogen) atoms. The molecule has 0 aliphatic heterocycles. The van der Waals surface area contributed by atoms with Crippen LogP contribution >= 0.6 is 11.6 Å². The van der Waals surface area contributed by atoms with E-state index >= 15 is 0 Å². The number of carbonyl (C=O) groups is 2. The summed E-state index contributed by atoms with van der Waals surface area (Å²) in [4.78, 5) is 27.0. The minimum Gasteiger partial charge on any atom is -0.453 e. The van der Waals surface area contributed by atoms with Crippen LogP contribution in [0.3, 0.4) is 0 Å². The van der Waals surface area contributed by atoms with Gasteiger partial charge in [-0.2, -0.15) is 0 Å². The second-order valence-corrected chi connectivity index (χ2v) is 4.41. The second-order valence-electron chi connectivity index (χ2n) is 4.02. The molecule has 0 bridgehead atoms. The third-order valence-corrected chi connectivity index (χ3v) is 2.77. The first-order chi connectivity index (χ1) is 10.1. The fraction of sp³-hybridized carbons (Fsp3) is 0.0714. The number of amides is 2. The molecule has 0 saturated heterocycles. The Balaban J connectivity index is 2.08. The van der Waals surface area contributed by atoms with Crippen molar-refractivity contribution in [2.75, 3.05) is 17.7 Å². The van der Waals surface area contributed by atoms with Crippen LogP contribution in [0.4, 0.5) is 16.2 Å². The number of methoxy groups -OCH3 is 1. The average molecular weight is 306 g/mol. The zero-order valence-electron chi connectivity index (χ0n) is 11.1. The van der Waals surface area contributed by atoms with Crippen LogP contribution in [0.25, 0.3) is 0 Å². The van der Waals surface area contributed by atoms with Gasteiger partial charge in [0.2, 0.25) is 0 Å². The summed E-state index contributed by atoms with van der Waals surface area (Å²) in [6, 6.07) is 9.78. The Kier molecular flexibility index (Phi) is 4.73. The first-order valence-electron chi connectivity index (χ1n) is 5.96. The van der Waals surface area contributed by atoms with Crippen molar-refractivity contribution in [2.24, 2.45) is 0 Å². The van der Waals surface area contributed by atoms with Crippen LogP contribution in [0.5, 0.6) is 0 Å². The van der Waals surface area contributed by atoms with Gasteiger partial charge >= 0.3 is 6.09 Å². The molecule has 2 aromatic rings. The topological polar surface area (TPSA) is 80.3 Å². The molecule has 1 heterocycles. The Bertz CT molecular complexity index is 659. The maximum absolute atomic E-state index is 12.0. The lowest BCUT2D eigenvalue weighted by molar-refractivity contribution is 0.102. The van der Waals surface area contributed by atoms with E-state index in [2.05, 4.69) is 20.4 Å². The highest BCUT2D eigenvalue weighted by Crippen LogP contribution is 2.16. The Morgan fingerprint density at radius 3 is 2.48 bits per heavy atom. The van der Waals surface area contributed by atoms with Crippen molar-refractivity contribution in [3.05, 3.63) is 53.3 Å². The van der Waals surface area contributed by atoms with Crippen LogP contribution in [0.15, 0.2) is 42.6 Å². The molecule has 108 valence electrons. The van der Waals surface area contributed by atoms with Crippen LogP contribution in [-0.2, 0) is 4.74 Å². The lowest BCUT2D eigenvalue weighted by Gasteiger charge is -2.08. The van der Waals surface area contributed by atoms with E-state index in [0.717, 1.165) is 0 Å². The van der Waals surface area contributed by atoms with Crippen molar-refractivity contribution >= 4 is 35.0 Å². The van der Waals surface area contributed by atoms with Gasteiger partial charge in [0.05, 0.1) is 12.7 Å². The van der Waals surface area contributed by atoms with Gasteiger partial charge in [0.25, 0.3) is 5.91 Å². The van der Waals surface area contributed by atoms with Gasteiger partial charge in [-0.1, -0.05) is 17.7 Å². The number of pyridine rings is 1. The van der Waals surface area contributed by atoms with E-state index in [4.69, 9.17) is 11.6 Å². The number of nitrogens with one attached hydrogen (secondary N) is 2. The summed E-state index contributed by atoms with van der Waals surface area (Å²) >= 11 is 5.66. The number of nitrogens with zero attached hydrogens (tertiary/aromatic N) is 1. The van der Waals surface area contributed by atoms with Gasteiger partial charge in [-0.3, -0.25) is 10.1 Å². The number of aromatic nitrogens is 1. The quantitative estimate of drug-likeness (QED) is 0.854. The van der Waals surface area contributed by atoms with Crippen molar-refractivity contribution in [3.8, 4) is 0 Å². The molecule has 0 radical (unpaired) electrons. The first kappa shape index (κ1) is 14.8. The molecule has 0 aliphatic rings. The molecule has 0 atom stereocenters. The van der Waals surface area contributed by atoms with Crippen molar-refractivity contribution < 1.29 is 14.3 Å². The minimum absolute atomic E-state index is 0.316. The molecule has 7 heteroatoms. The molecule has 1 aromatic carbocycles. The Morgan fingerprint density at radius 2 is 1.86 bits per heavy atom. The van der Waals surface area contributed by atoms with Gasteiger partial charge in [-0.15, -0.1) is 0 Å². The summed E-state index contributed by atoms with van der Waals surface area (Å²) in [5.74, 6) is -0.325. The lowest BCUT2D eigenvalue weighted by Crippen LogP contribution is -2.13. The van der Waals surface area contributed by atoms with Gasteiger partial charge < -0.3 is 10.1 Å². The molecule has 0 spiro atoms. The SMILES string of the molecule is COC(=O)Nc1cccc(NC(=O)c2ccc(Cl)nc2)c1. The van der Waals surface area contributed by atoms with E-state index < -0.39 is 6.09 Å². The summed E-state index contributed by atoms with van der Waals surface area (Å²) in [6.07, 6.45) is 0.800. The predicted octanol–water partition coefficient (Wildman–Crippen LogP) is 3.17. The highest BCUT2D eigenvalue weighted by Gasteiger charge is 2.07. The second kappa shape index (κ2) is 6.71. The van der Waals surface area contributed by atoms with Crippen LogP contribution in [0, 0.1) is 0 Å². The summed E-state index contributed by atoms with van der Waals surface area (Å²) < 4.78 is 4.50. The number of anilines is 2. The van der Waals surface area contributed by atoms with Crippen LogP contribution in [0.1, 0.15) is 10.4 Å². The normalized spacial score (nSPS) is 9.81. The van der Waals surface area contributed by atoms with Gasteiger partial charge in [-0.05, 0) is 30.3 Å². The predicted molar refractivity (Wildman–Crippen MR) is 79.7 cm³/mol. The number of halogens is 1. The average Bonchev–Trinajstić information content (AvgIpc) is 2.48. The molecule has 0 unspecified atom stereocenters. The molecular formula is C14H12ClN3O3. The molecule has 1 aromatic heterocycles. The molecule has 0 saturated carbocycles. The molecule has 0 fully saturated rings. The van der Waals surface area contributed by atoms with E-state index in [-0.39, 0.29) is 5.91 Å². The molecule has 6 nitrogen and oxygen atoms in total. The Labute approximate surface area is 126 Å². The van der Waals surface area contributed by atoms with Gasteiger partial charge in [0.15, 0.2) is 0 Å². The molecular weight excluding hydrogens is 294 g/mol. The fourth-order valence-corrected chi connectivity index (χ4v) is 1.67. The maximum atomic E-state index is 12.0. The highest BCUT2D eigenvalue weighted by atomic mass is 35.5. The Morgan fingerprint density at radius 1 is 1.14 bits per heavy atom. The number of ether oxygens (including phenoxy) is 1. The molecule has 0 aliphatic carbocycles. The number of hydrogen-bond acceptors (Lipinski definition) is 4. The fourth-order valence-electron chi connectivity index (χ4n) is 1.56. The molecule has 2 amide bonds. The van der Waals surface area contributed by atoms with E-state index in [1.165, 1.54) is 19.4 Å². The monoisotopic (exact) mass is 305 g/mol. The number of rotatable bonds is 3. The zero-order valence-corrected chi connectivity index (χ0v) is 11.8. The molecule has 2 rings (SSSR count). The number of carbonyl (C=O) groups excluding carboxylic acids is 2. The van der Waals surface area contributed by atoms with Crippen LogP contribution in [-0.4, -0.2) is 24.1 Å². The zero-order chi connectivity index (χ0) is 15.2. The molecule has 2 N–H and O–H groups in total. The van der Waals surface area contributed by atoms with E-state index in [0.29, 0.717) is 22.1 Å². The van der Waals surface area contributed by atoms with E-state index in [9.17, 15) is 9.59 Å². The van der Waals surface area contributed by atoms with Gasteiger partial charge in [0, 0.05) is 17.6 Å². The summed E-state index contributed by atoms with van der Waals surface area (Å²) in [7, 11) is 1.27. The largest absolute Gasteiger partial charge is 0.453 e. The van der Waals surface area contributed by atoms with Crippen molar-refractivity contribution in [1.29, 1.82) is 0 Å². The Hall–Kier alpha value is -2.60. The van der Waals surface area contributed by atoms with E-state index in [1.54, 1.807) is 30.3 Å². The summed E-state index contributed by atoms with van der Waals surface area (Å²) in [5, 5.41) is 5.52. The summed E-state index contributed by atoms with van der Waals surface area (Å²) in [6.45, 7) is 0. The lowest BCUT2D eigenvalue weighted by atomic mass is 10.2. The number of benzene rings is 1. The van der Waals surface area contributed by atoms with Gasteiger partial charge in [0.1, 0.15) is 5.15 Å². The standard InChI is InChI=1S/C14H12ClN3O3/c1-21-14(20)18-11-4-2-3-10(7-11)17-13(19)9-5-6-12(15)16-8-9/h2-8H,1H3,(H,17,19)(H,18,20). The summed E-state index contributed by atoms with van der Waals surface area (Å²) in [5.41, 5.74) is 1.42. The van der Waals surface area contributed by atoms with Crippen molar-refractivity contribution in [3.63, 3.8) is 0 Å². The van der Waals surface area contributed by atoms with Crippen LogP contribution < -0.4 is 10.6 Å².